The van der Waals surface area contributed by atoms with Crippen LogP contribution in [0.1, 0.15) is 11.5 Å². The fourth-order valence-corrected chi connectivity index (χ4v) is 3.21. The minimum atomic E-state index is -3.57. The van der Waals surface area contributed by atoms with E-state index in [0.29, 0.717) is 6.42 Å². The smallest absolute Gasteiger partial charge is 0.242 e. The van der Waals surface area contributed by atoms with Crippen LogP contribution in [-0.4, -0.2) is 24.9 Å². The van der Waals surface area contributed by atoms with Gasteiger partial charge in [-0.2, -0.15) is 0 Å². The predicted molar refractivity (Wildman–Crippen MR) is 73.7 cm³/mol. The Hall–Kier alpha value is -1.37. The Labute approximate surface area is 117 Å². The van der Waals surface area contributed by atoms with Crippen molar-refractivity contribution in [3.05, 3.63) is 47.0 Å². The number of halogens is 1. The maximum atomic E-state index is 12.0. The summed E-state index contributed by atoms with van der Waals surface area (Å²) in [6, 6.07) is 6.35. The summed E-state index contributed by atoms with van der Waals surface area (Å²) in [6.45, 7) is 2.13. The number of imidazole rings is 1. The van der Waals surface area contributed by atoms with Gasteiger partial charge in [0.15, 0.2) is 0 Å². The summed E-state index contributed by atoms with van der Waals surface area (Å²) in [5.41, 5.74) is 0.888. The van der Waals surface area contributed by atoms with E-state index in [9.17, 15) is 8.42 Å². The van der Waals surface area contributed by atoms with Gasteiger partial charge in [0.1, 0.15) is 10.7 Å². The number of aromatic nitrogens is 2. The van der Waals surface area contributed by atoms with E-state index in [1.807, 2.05) is 6.92 Å². The highest BCUT2D eigenvalue weighted by atomic mass is 35.5. The molecule has 2 aromatic rings. The molecule has 0 saturated heterocycles. The molecule has 0 bridgehead atoms. The Morgan fingerprint density at radius 1 is 1.37 bits per heavy atom. The largest absolute Gasteiger partial charge is 0.346 e. The lowest BCUT2D eigenvalue weighted by molar-refractivity contribution is 0.581. The molecule has 0 unspecified atom stereocenters. The molecule has 0 atom stereocenters. The number of aryl methyl sites for hydroxylation is 1. The molecule has 0 aliphatic carbocycles. The third kappa shape index (κ3) is 3.56. The predicted octanol–water partition coefficient (Wildman–Crippen LogP) is 1.89. The lowest BCUT2D eigenvalue weighted by Crippen LogP contribution is -2.26. The average Bonchev–Trinajstić information content (AvgIpc) is 2.75. The molecule has 0 spiro atoms. The van der Waals surface area contributed by atoms with Crippen molar-refractivity contribution in [1.82, 2.24) is 14.7 Å². The normalized spacial score (nSPS) is 11.7. The van der Waals surface area contributed by atoms with Crippen molar-refractivity contribution in [2.45, 2.75) is 18.2 Å². The van der Waals surface area contributed by atoms with Crippen molar-refractivity contribution >= 4 is 21.6 Å². The molecule has 0 saturated carbocycles. The zero-order valence-electron chi connectivity index (χ0n) is 10.4. The van der Waals surface area contributed by atoms with Gasteiger partial charge in [-0.15, -0.1) is 0 Å². The Morgan fingerprint density at radius 2 is 2.11 bits per heavy atom. The van der Waals surface area contributed by atoms with Gasteiger partial charge in [-0.1, -0.05) is 23.7 Å². The van der Waals surface area contributed by atoms with Gasteiger partial charge in [-0.05, 0) is 19.1 Å². The number of nitrogens with zero attached hydrogens (tertiary/aromatic N) is 1. The molecule has 19 heavy (non-hydrogen) atoms. The van der Waals surface area contributed by atoms with Crippen LogP contribution in [0.5, 0.6) is 0 Å². The summed E-state index contributed by atoms with van der Waals surface area (Å²) in [6.07, 6.45) is 2.24. The molecule has 1 heterocycles. The Bertz CT molecular complexity index is 667. The highest BCUT2D eigenvalue weighted by Gasteiger charge is 2.16. The number of rotatable bonds is 5. The second-order valence-corrected chi connectivity index (χ2v) is 6.21. The first kappa shape index (κ1) is 14.0. The van der Waals surface area contributed by atoms with Crippen LogP contribution in [0.3, 0.4) is 0 Å². The second kappa shape index (κ2) is 5.73. The van der Waals surface area contributed by atoms with Crippen LogP contribution in [0.4, 0.5) is 0 Å². The molecule has 0 fully saturated rings. The standard InChI is InChI=1S/C12H14ClN3O2S/c1-9-14-8-10(16-9)6-7-15-19(17,18)12-5-3-2-4-11(12)13/h2-5,8,15H,6-7H2,1H3,(H,14,16). The maximum Gasteiger partial charge on any atom is 0.242 e. The van der Waals surface area contributed by atoms with Gasteiger partial charge in [0.05, 0.1) is 5.02 Å². The maximum absolute atomic E-state index is 12.0. The molecular formula is C12H14ClN3O2S. The molecule has 1 aromatic heterocycles. The van der Waals surface area contributed by atoms with E-state index >= 15 is 0 Å². The monoisotopic (exact) mass is 299 g/mol. The Kier molecular flexibility index (Phi) is 4.24. The zero-order chi connectivity index (χ0) is 13.9. The van der Waals surface area contributed by atoms with Gasteiger partial charge < -0.3 is 4.98 Å². The molecule has 2 N–H and O–H groups in total. The molecule has 0 aliphatic heterocycles. The first-order valence-corrected chi connectivity index (χ1v) is 7.60. The topological polar surface area (TPSA) is 74.8 Å². The number of nitrogens with one attached hydrogen (secondary N) is 2. The van der Waals surface area contributed by atoms with Crippen LogP contribution in [0.25, 0.3) is 0 Å². The van der Waals surface area contributed by atoms with E-state index in [4.69, 9.17) is 11.6 Å². The van der Waals surface area contributed by atoms with Gasteiger partial charge in [-0.25, -0.2) is 18.1 Å². The second-order valence-electron chi connectivity index (χ2n) is 4.07. The Balaban J connectivity index is 2.01. The molecule has 102 valence electrons. The molecular weight excluding hydrogens is 286 g/mol. The summed E-state index contributed by atoms with van der Waals surface area (Å²) in [5, 5.41) is 0.215. The van der Waals surface area contributed by atoms with E-state index < -0.39 is 10.0 Å². The summed E-state index contributed by atoms with van der Waals surface area (Å²) in [7, 11) is -3.57. The van der Waals surface area contributed by atoms with Crippen molar-refractivity contribution in [1.29, 1.82) is 0 Å². The average molecular weight is 300 g/mol. The quantitative estimate of drug-likeness (QED) is 0.885. The van der Waals surface area contributed by atoms with Crippen molar-refractivity contribution < 1.29 is 8.42 Å². The van der Waals surface area contributed by atoms with Gasteiger partial charge in [0.2, 0.25) is 10.0 Å². The number of hydrogen-bond donors (Lipinski definition) is 2. The third-order valence-electron chi connectivity index (χ3n) is 2.57. The van der Waals surface area contributed by atoms with Crippen molar-refractivity contribution in [3.8, 4) is 0 Å². The zero-order valence-corrected chi connectivity index (χ0v) is 11.9. The minimum Gasteiger partial charge on any atom is -0.346 e. The van der Waals surface area contributed by atoms with Crippen LogP contribution in [0.15, 0.2) is 35.4 Å². The highest BCUT2D eigenvalue weighted by molar-refractivity contribution is 7.89. The van der Waals surface area contributed by atoms with E-state index in [0.717, 1.165) is 11.5 Å². The summed E-state index contributed by atoms with van der Waals surface area (Å²) >= 11 is 5.87. The van der Waals surface area contributed by atoms with Crippen LogP contribution in [-0.2, 0) is 16.4 Å². The van der Waals surface area contributed by atoms with Crippen molar-refractivity contribution in [2.75, 3.05) is 6.54 Å². The van der Waals surface area contributed by atoms with Gasteiger partial charge in [0.25, 0.3) is 0 Å². The van der Waals surface area contributed by atoms with E-state index in [-0.39, 0.29) is 16.5 Å². The van der Waals surface area contributed by atoms with Crippen LogP contribution in [0.2, 0.25) is 5.02 Å². The van der Waals surface area contributed by atoms with Gasteiger partial charge in [-0.3, -0.25) is 0 Å². The molecule has 0 aliphatic rings. The van der Waals surface area contributed by atoms with E-state index in [2.05, 4.69) is 14.7 Å². The van der Waals surface area contributed by atoms with E-state index in [1.165, 1.54) is 6.07 Å². The summed E-state index contributed by atoms with van der Waals surface area (Å²) < 4.78 is 26.6. The molecule has 5 nitrogen and oxygen atoms in total. The van der Waals surface area contributed by atoms with Gasteiger partial charge in [0, 0.05) is 24.9 Å². The number of benzene rings is 1. The number of aromatic amines is 1. The first-order chi connectivity index (χ1) is 8.99. The van der Waals surface area contributed by atoms with Crippen LogP contribution in [0, 0.1) is 6.92 Å². The molecule has 0 amide bonds. The van der Waals surface area contributed by atoms with Crippen molar-refractivity contribution in [2.24, 2.45) is 0 Å². The number of hydrogen-bond acceptors (Lipinski definition) is 3. The fraction of sp³-hybridized carbons (Fsp3) is 0.250. The van der Waals surface area contributed by atoms with Crippen molar-refractivity contribution in [3.63, 3.8) is 0 Å². The molecule has 1 aromatic carbocycles. The summed E-state index contributed by atoms with van der Waals surface area (Å²) in [4.78, 5) is 7.19. The van der Waals surface area contributed by atoms with E-state index in [1.54, 1.807) is 24.4 Å². The lowest BCUT2D eigenvalue weighted by Gasteiger charge is -2.07. The number of H-pyrrole nitrogens is 1. The summed E-state index contributed by atoms with van der Waals surface area (Å²) in [5.74, 6) is 0.809. The van der Waals surface area contributed by atoms with Gasteiger partial charge >= 0.3 is 0 Å². The molecule has 0 radical (unpaired) electrons. The SMILES string of the molecule is Cc1ncc(CCNS(=O)(=O)c2ccccc2Cl)[nH]1. The number of sulfonamides is 1. The van der Waals surface area contributed by atoms with Crippen LogP contribution >= 0.6 is 11.6 Å². The molecule has 7 heteroatoms. The highest BCUT2D eigenvalue weighted by Crippen LogP contribution is 2.19. The minimum absolute atomic E-state index is 0.0949. The first-order valence-electron chi connectivity index (χ1n) is 5.74. The van der Waals surface area contributed by atoms with Crippen LogP contribution < -0.4 is 4.72 Å². The fourth-order valence-electron chi connectivity index (χ4n) is 1.66. The third-order valence-corrected chi connectivity index (χ3v) is 4.53. The molecule has 2 rings (SSSR count). The Morgan fingerprint density at radius 3 is 2.74 bits per heavy atom. The lowest BCUT2D eigenvalue weighted by atomic mass is 10.3.